The molecular weight excluding hydrogens is 408 g/mol. The predicted molar refractivity (Wildman–Crippen MR) is 128 cm³/mol. The minimum atomic E-state index is -0.343. The van der Waals surface area contributed by atoms with Crippen LogP contribution in [-0.2, 0) is 6.61 Å². The van der Waals surface area contributed by atoms with Gasteiger partial charge in [0, 0.05) is 5.56 Å². The highest BCUT2D eigenvalue weighted by molar-refractivity contribution is 7.80. The maximum absolute atomic E-state index is 12.5. The van der Waals surface area contributed by atoms with Gasteiger partial charge < -0.3 is 15.2 Å². The van der Waals surface area contributed by atoms with Gasteiger partial charge >= 0.3 is 0 Å². The maximum atomic E-state index is 12.5. The van der Waals surface area contributed by atoms with Crippen molar-refractivity contribution in [3.8, 4) is 11.5 Å². The standard InChI is InChI=1S/C25H26N2O3S/c1-3-17(2)20-11-14-23(28)22(15-20)26-25(31)27-24(29)19-9-12-21(13-10-19)30-16-18-7-5-4-6-8-18/h4-15,17,28H,3,16H2,1-2H3,(H2,26,27,29,31). The number of rotatable bonds is 7. The van der Waals surface area contributed by atoms with Gasteiger partial charge in [0.15, 0.2) is 5.11 Å². The Morgan fingerprint density at radius 2 is 1.77 bits per heavy atom. The molecule has 3 aromatic carbocycles. The molecule has 1 unspecified atom stereocenters. The molecule has 0 bridgehead atoms. The smallest absolute Gasteiger partial charge is 0.257 e. The third-order valence-corrected chi connectivity index (χ3v) is 5.25. The molecule has 3 aromatic rings. The van der Waals surface area contributed by atoms with E-state index >= 15 is 0 Å². The summed E-state index contributed by atoms with van der Waals surface area (Å²) in [4.78, 5) is 12.5. The summed E-state index contributed by atoms with van der Waals surface area (Å²) >= 11 is 5.25. The minimum absolute atomic E-state index is 0.0727. The second-order valence-electron chi connectivity index (χ2n) is 7.29. The number of hydrogen-bond donors (Lipinski definition) is 3. The fourth-order valence-corrected chi connectivity index (χ4v) is 3.17. The molecule has 0 spiro atoms. The van der Waals surface area contributed by atoms with Crippen molar-refractivity contribution in [1.29, 1.82) is 0 Å². The molecule has 0 radical (unpaired) electrons. The summed E-state index contributed by atoms with van der Waals surface area (Å²) in [7, 11) is 0. The number of thiocarbonyl (C=S) groups is 1. The summed E-state index contributed by atoms with van der Waals surface area (Å²) in [5, 5.41) is 15.8. The topological polar surface area (TPSA) is 70.6 Å². The molecule has 0 aliphatic heterocycles. The number of amides is 1. The Morgan fingerprint density at radius 1 is 1.06 bits per heavy atom. The first-order chi connectivity index (χ1) is 15.0. The molecular formula is C25H26N2O3S. The van der Waals surface area contributed by atoms with Crippen LogP contribution in [0.5, 0.6) is 11.5 Å². The lowest BCUT2D eigenvalue weighted by molar-refractivity contribution is 0.0977. The first-order valence-electron chi connectivity index (χ1n) is 10.2. The quantitative estimate of drug-likeness (QED) is 0.333. The van der Waals surface area contributed by atoms with Gasteiger partial charge in [-0.1, -0.05) is 50.2 Å². The Hall–Kier alpha value is -3.38. The van der Waals surface area contributed by atoms with Crippen LogP contribution in [0, 0.1) is 0 Å². The van der Waals surface area contributed by atoms with E-state index in [9.17, 15) is 9.90 Å². The summed E-state index contributed by atoms with van der Waals surface area (Å²) in [6.45, 7) is 4.68. The van der Waals surface area contributed by atoms with E-state index in [0.717, 1.165) is 17.5 Å². The molecule has 5 nitrogen and oxygen atoms in total. The van der Waals surface area contributed by atoms with E-state index in [1.165, 1.54) is 0 Å². The molecule has 0 heterocycles. The van der Waals surface area contributed by atoms with Crippen molar-refractivity contribution in [1.82, 2.24) is 5.32 Å². The Morgan fingerprint density at radius 3 is 2.45 bits per heavy atom. The maximum Gasteiger partial charge on any atom is 0.257 e. The van der Waals surface area contributed by atoms with Crippen LogP contribution < -0.4 is 15.4 Å². The zero-order valence-electron chi connectivity index (χ0n) is 17.6. The third-order valence-electron chi connectivity index (χ3n) is 5.04. The Balaban J connectivity index is 1.56. The van der Waals surface area contributed by atoms with Gasteiger partial charge in [-0.15, -0.1) is 0 Å². The predicted octanol–water partition coefficient (Wildman–Crippen LogP) is 5.61. The van der Waals surface area contributed by atoms with Gasteiger partial charge in [-0.2, -0.15) is 0 Å². The zero-order valence-corrected chi connectivity index (χ0v) is 18.4. The monoisotopic (exact) mass is 434 g/mol. The summed E-state index contributed by atoms with van der Waals surface area (Å²) in [5.41, 5.74) is 3.07. The minimum Gasteiger partial charge on any atom is -0.506 e. The van der Waals surface area contributed by atoms with Gasteiger partial charge in [0.25, 0.3) is 5.91 Å². The number of carbonyl (C=O) groups excluding carboxylic acids is 1. The molecule has 31 heavy (non-hydrogen) atoms. The van der Waals surface area contributed by atoms with Crippen LogP contribution >= 0.6 is 12.2 Å². The number of benzene rings is 3. The summed E-state index contributed by atoms with van der Waals surface area (Å²) in [5.74, 6) is 0.757. The molecule has 160 valence electrons. The number of anilines is 1. The second kappa shape index (κ2) is 10.6. The van der Waals surface area contributed by atoms with Crippen LogP contribution in [0.25, 0.3) is 0 Å². The van der Waals surface area contributed by atoms with Crippen molar-refractivity contribution in [3.63, 3.8) is 0 Å². The molecule has 0 aliphatic carbocycles. The molecule has 0 saturated carbocycles. The number of phenols is 1. The number of ether oxygens (including phenoxy) is 1. The van der Waals surface area contributed by atoms with E-state index < -0.39 is 0 Å². The van der Waals surface area contributed by atoms with Crippen LogP contribution in [0.3, 0.4) is 0 Å². The molecule has 1 amide bonds. The van der Waals surface area contributed by atoms with Crippen LogP contribution in [-0.4, -0.2) is 16.1 Å². The van der Waals surface area contributed by atoms with Crippen LogP contribution in [0.2, 0.25) is 0 Å². The van der Waals surface area contributed by atoms with Crippen molar-refractivity contribution < 1.29 is 14.6 Å². The highest BCUT2D eigenvalue weighted by atomic mass is 32.1. The van der Waals surface area contributed by atoms with E-state index in [2.05, 4.69) is 24.5 Å². The normalized spacial score (nSPS) is 11.4. The first-order valence-corrected chi connectivity index (χ1v) is 10.6. The van der Waals surface area contributed by atoms with Crippen LogP contribution in [0.15, 0.2) is 72.8 Å². The van der Waals surface area contributed by atoms with Crippen molar-refractivity contribution in [3.05, 3.63) is 89.5 Å². The Labute approximate surface area is 188 Å². The van der Waals surface area contributed by atoms with Gasteiger partial charge in [-0.05, 0) is 72.1 Å². The average molecular weight is 435 g/mol. The number of nitrogens with one attached hydrogen (secondary N) is 2. The zero-order chi connectivity index (χ0) is 22.2. The fraction of sp³-hybridized carbons (Fsp3) is 0.200. The lowest BCUT2D eigenvalue weighted by Gasteiger charge is -2.15. The summed E-state index contributed by atoms with van der Waals surface area (Å²) < 4.78 is 5.74. The van der Waals surface area contributed by atoms with E-state index in [1.807, 2.05) is 42.5 Å². The molecule has 6 heteroatoms. The summed E-state index contributed by atoms with van der Waals surface area (Å²) in [6.07, 6.45) is 0.983. The lowest BCUT2D eigenvalue weighted by Crippen LogP contribution is -2.34. The molecule has 1 atom stereocenters. The molecule has 3 N–H and O–H groups in total. The highest BCUT2D eigenvalue weighted by Gasteiger charge is 2.12. The van der Waals surface area contributed by atoms with Gasteiger partial charge in [-0.25, -0.2) is 0 Å². The van der Waals surface area contributed by atoms with Crippen LogP contribution in [0.1, 0.15) is 47.7 Å². The van der Waals surface area contributed by atoms with Gasteiger partial charge in [0.2, 0.25) is 0 Å². The van der Waals surface area contributed by atoms with Crippen molar-refractivity contribution in [2.45, 2.75) is 32.8 Å². The van der Waals surface area contributed by atoms with E-state index in [0.29, 0.717) is 29.5 Å². The van der Waals surface area contributed by atoms with Crippen molar-refractivity contribution >= 4 is 28.9 Å². The fourth-order valence-electron chi connectivity index (χ4n) is 2.97. The summed E-state index contributed by atoms with van der Waals surface area (Å²) in [6, 6.07) is 22.1. The Bertz CT molecular complexity index is 1040. The highest BCUT2D eigenvalue weighted by Crippen LogP contribution is 2.29. The molecule has 0 aliphatic rings. The van der Waals surface area contributed by atoms with Gasteiger partial charge in [0.05, 0.1) is 5.69 Å². The Kier molecular flexibility index (Phi) is 7.62. The van der Waals surface area contributed by atoms with Gasteiger partial charge in [-0.3, -0.25) is 10.1 Å². The molecule has 3 rings (SSSR count). The van der Waals surface area contributed by atoms with Crippen LogP contribution in [0.4, 0.5) is 5.69 Å². The lowest BCUT2D eigenvalue weighted by atomic mass is 9.98. The van der Waals surface area contributed by atoms with Gasteiger partial charge in [0.1, 0.15) is 18.1 Å². The number of hydrogen-bond acceptors (Lipinski definition) is 4. The third kappa shape index (κ3) is 6.30. The van der Waals surface area contributed by atoms with E-state index in [1.54, 1.807) is 30.3 Å². The molecule has 0 saturated heterocycles. The first kappa shape index (κ1) is 22.3. The SMILES string of the molecule is CCC(C)c1ccc(O)c(NC(=S)NC(=O)c2ccc(OCc3ccccc3)cc2)c1. The molecule has 0 aromatic heterocycles. The number of aromatic hydroxyl groups is 1. The number of phenolic OH excluding ortho intramolecular Hbond substituents is 1. The molecule has 0 fully saturated rings. The average Bonchev–Trinajstić information content (AvgIpc) is 2.79. The second-order valence-corrected chi connectivity index (χ2v) is 7.70. The van der Waals surface area contributed by atoms with E-state index in [4.69, 9.17) is 17.0 Å². The largest absolute Gasteiger partial charge is 0.506 e. The van der Waals surface area contributed by atoms with Crippen molar-refractivity contribution in [2.24, 2.45) is 0 Å². The number of carbonyl (C=O) groups is 1. The van der Waals surface area contributed by atoms with E-state index in [-0.39, 0.29) is 16.8 Å². The van der Waals surface area contributed by atoms with Crippen molar-refractivity contribution in [2.75, 3.05) is 5.32 Å².